The van der Waals surface area contributed by atoms with Crippen LogP contribution in [0, 0.1) is 0 Å². The Morgan fingerprint density at radius 1 is 0.968 bits per heavy atom. The van der Waals surface area contributed by atoms with Crippen molar-refractivity contribution in [2.75, 3.05) is 19.5 Å². The van der Waals surface area contributed by atoms with Gasteiger partial charge in [-0.1, -0.05) is 35.9 Å². The molecule has 0 saturated heterocycles. The molecule has 1 amide bonds. The number of rotatable bonds is 7. The van der Waals surface area contributed by atoms with Crippen LogP contribution in [0.5, 0.6) is 11.5 Å². The van der Waals surface area contributed by atoms with Crippen molar-refractivity contribution < 1.29 is 14.3 Å². The van der Waals surface area contributed by atoms with E-state index < -0.39 is 0 Å². The molecule has 5 nitrogen and oxygen atoms in total. The topological polar surface area (TPSA) is 52.5 Å². The highest BCUT2D eigenvalue weighted by Crippen LogP contribution is 2.27. The smallest absolute Gasteiger partial charge is 0.228 e. The summed E-state index contributed by atoms with van der Waals surface area (Å²) in [6.45, 7) is 0.629. The van der Waals surface area contributed by atoms with Crippen LogP contribution in [0.15, 0.2) is 72.9 Å². The number of methoxy groups -OCH3 is 2. The van der Waals surface area contributed by atoms with Crippen molar-refractivity contribution >= 4 is 34.1 Å². The van der Waals surface area contributed by atoms with Crippen molar-refractivity contribution in [1.82, 2.24) is 4.57 Å². The summed E-state index contributed by atoms with van der Waals surface area (Å²) < 4.78 is 12.9. The Morgan fingerprint density at radius 2 is 1.71 bits per heavy atom. The van der Waals surface area contributed by atoms with Crippen LogP contribution in [-0.4, -0.2) is 24.7 Å². The first-order chi connectivity index (χ1) is 15.1. The van der Waals surface area contributed by atoms with Crippen molar-refractivity contribution in [2.24, 2.45) is 0 Å². The standard InChI is InChI=1S/C25H23ClN2O3/c1-30-21-10-17(11-22(14-21)31-2)15-28-16-18(23-8-3-4-9-24(23)28)12-25(29)27-20-7-5-6-19(26)13-20/h3-11,13-14,16H,12,15H2,1-2H3,(H,27,29). The number of carbonyl (C=O) groups is 1. The summed E-state index contributed by atoms with van der Waals surface area (Å²) in [6, 6.07) is 21.1. The zero-order chi connectivity index (χ0) is 21.8. The molecule has 0 aliphatic carbocycles. The molecule has 1 N–H and O–H groups in total. The Labute approximate surface area is 186 Å². The highest BCUT2D eigenvalue weighted by Gasteiger charge is 2.13. The van der Waals surface area contributed by atoms with Crippen molar-refractivity contribution in [3.63, 3.8) is 0 Å². The van der Waals surface area contributed by atoms with Gasteiger partial charge in [0.25, 0.3) is 0 Å². The van der Waals surface area contributed by atoms with Crippen LogP contribution < -0.4 is 14.8 Å². The van der Waals surface area contributed by atoms with E-state index in [2.05, 4.69) is 16.0 Å². The lowest BCUT2D eigenvalue weighted by molar-refractivity contribution is -0.115. The van der Waals surface area contributed by atoms with Crippen LogP contribution >= 0.6 is 11.6 Å². The Balaban J connectivity index is 1.61. The molecule has 1 heterocycles. The number of amides is 1. The summed E-state index contributed by atoms with van der Waals surface area (Å²) in [5.41, 5.74) is 3.76. The molecule has 6 heteroatoms. The molecule has 4 aromatic rings. The number of ether oxygens (including phenoxy) is 2. The van der Waals surface area contributed by atoms with Crippen LogP contribution in [0.4, 0.5) is 5.69 Å². The molecule has 1 aromatic heterocycles. The van der Waals surface area contributed by atoms with Gasteiger partial charge >= 0.3 is 0 Å². The average molecular weight is 435 g/mol. The monoisotopic (exact) mass is 434 g/mol. The third kappa shape index (κ3) is 4.84. The summed E-state index contributed by atoms with van der Waals surface area (Å²) in [6.07, 6.45) is 2.30. The molecule has 158 valence electrons. The fourth-order valence-corrected chi connectivity index (χ4v) is 3.88. The van der Waals surface area contributed by atoms with Gasteiger partial charge in [0.15, 0.2) is 0 Å². The number of benzene rings is 3. The second-order valence-corrected chi connectivity index (χ2v) is 7.69. The zero-order valence-corrected chi connectivity index (χ0v) is 18.1. The molecule has 0 atom stereocenters. The SMILES string of the molecule is COc1cc(Cn2cc(CC(=O)Nc3cccc(Cl)c3)c3ccccc32)cc(OC)c1. The Bertz CT molecular complexity index is 1210. The predicted molar refractivity (Wildman–Crippen MR) is 124 cm³/mol. The third-order valence-electron chi connectivity index (χ3n) is 5.09. The highest BCUT2D eigenvalue weighted by atomic mass is 35.5. The normalized spacial score (nSPS) is 10.8. The van der Waals surface area contributed by atoms with E-state index >= 15 is 0 Å². The summed E-state index contributed by atoms with van der Waals surface area (Å²) >= 11 is 6.02. The maximum atomic E-state index is 12.7. The first kappa shape index (κ1) is 20.8. The van der Waals surface area contributed by atoms with E-state index in [4.69, 9.17) is 21.1 Å². The van der Waals surface area contributed by atoms with Gasteiger partial charge in [0.1, 0.15) is 11.5 Å². The summed E-state index contributed by atoms with van der Waals surface area (Å²) in [5.74, 6) is 1.40. The second-order valence-electron chi connectivity index (χ2n) is 7.26. The molecule has 3 aromatic carbocycles. The first-order valence-electron chi connectivity index (χ1n) is 9.90. The minimum atomic E-state index is -0.0896. The van der Waals surface area contributed by atoms with Crippen LogP contribution in [0.1, 0.15) is 11.1 Å². The number of anilines is 1. The van der Waals surface area contributed by atoms with Gasteiger partial charge in [-0.2, -0.15) is 0 Å². The van der Waals surface area contributed by atoms with E-state index in [9.17, 15) is 4.79 Å². The van der Waals surface area contributed by atoms with Gasteiger partial charge in [-0.15, -0.1) is 0 Å². The molecule has 31 heavy (non-hydrogen) atoms. The largest absolute Gasteiger partial charge is 0.497 e. The maximum Gasteiger partial charge on any atom is 0.228 e. The number of fused-ring (bicyclic) bond motifs is 1. The number of para-hydroxylation sites is 1. The van der Waals surface area contributed by atoms with Crippen LogP contribution in [0.3, 0.4) is 0 Å². The number of hydrogen-bond acceptors (Lipinski definition) is 3. The van der Waals surface area contributed by atoms with Gasteiger partial charge in [0.05, 0.1) is 20.6 Å². The number of halogens is 1. The van der Waals surface area contributed by atoms with Gasteiger partial charge in [-0.25, -0.2) is 0 Å². The molecule has 0 unspecified atom stereocenters. The summed E-state index contributed by atoms with van der Waals surface area (Å²) in [5, 5.41) is 4.56. The first-order valence-corrected chi connectivity index (χ1v) is 10.3. The Hall–Kier alpha value is -3.44. The average Bonchev–Trinajstić information content (AvgIpc) is 3.10. The van der Waals surface area contributed by atoms with E-state index in [0.717, 1.165) is 33.5 Å². The number of hydrogen-bond donors (Lipinski definition) is 1. The molecule has 0 radical (unpaired) electrons. The molecule has 4 rings (SSSR count). The lowest BCUT2D eigenvalue weighted by Crippen LogP contribution is -2.14. The minimum absolute atomic E-state index is 0.0896. The van der Waals surface area contributed by atoms with Gasteiger partial charge in [0, 0.05) is 40.4 Å². The fraction of sp³-hybridized carbons (Fsp3) is 0.160. The Kier molecular flexibility index (Phi) is 6.14. The van der Waals surface area contributed by atoms with E-state index in [1.54, 1.807) is 26.4 Å². The van der Waals surface area contributed by atoms with Crippen LogP contribution in [-0.2, 0) is 17.8 Å². The van der Waals surface area contributed by atoms with Crippen molar-refractivity contribution in [1.29, 1.82) is 0 Å². The van der Waals surface area contributed by atoms with Crippen LogP contribution in [0.25, 0.3) is 10.9 Å². The van der Waals surface area contributed by atoms with Crippen LogP contribution in [0.2, 0.25) is 5.02 Å². The summed E-state index contributed by atoms with van der Waals surface area (Å²) in [4.78, 5) is 12.7. The quantitative estimate of drug-likeness (QED) is 0.415. The van der Waals surface area contributed by atoms with Gasteiger partial charge in [-0.05, 0) is 47.5 Å². The molecule has 0 spiro atoms. The van der Waals surface area contributed by atoms with Gasteiger partial charge in [0.2, 0.25) is 5.91 Å². The van der Waals surface area contributed by atoms with E-state index in [0.29, 0.717) is 17.3 Å². The molecule has 0 saturated carbocycles. The number of aromatic nitrogens is 1. The fourth-order valence-electron chi connectivity index (χ4n) is 3.69. The lowest BCUT2D eigenvalue weighted by Gasteiger charge is -2.10. The number of nitrogens with one attached hydrogen (secondary N) is 1. The second kappa shape index (κ2) is 9.14. The molecule has 0 aliphatic heterocycles. The molecular weight excluding hydrogens is 412 g/mol. The third-order valence-corrected chi connectivity index (χ3v) is 5.33. The number of nitrogens with zero attached hydrogens (tertiary/aromatic N) is 1. The van der Waals surface area contributed by atoms with Gasteiger partial charge in [-0.3, -0.25) is 4.79 Å². The van der Waals surface area contributed by atoms with E-state index in [1.807, 2.05) is 54.7 Å². The van der Waals surface area contributed by atoms with E-state index in [1.165, 1.54) is 0 Å². The van der Waals surface area contributed by atoms with Gasteiger partial charge < -0.3 is 19.4 Å². The van der Waals surface area contributed by atoms with Crippen molar-refractivity contribution in [3.8, 4) is 11.5 Å². The minimum Gasteiger partial charge on any atom is -0.497 e. The lowest BCUT2D eigenvalue weighted by atomic mass is 10.1. The predicted octanol–water partition coefficient (Wildman–Crippen LogP) is 5.54. The highest BCUT2D eigenvalue weighted by molar-refractivity contribution is 6.30. The van der Waals surface area contributed by atoms with Crippen molar-refractivity contribution in [2.45, 2.75) is 13.0 Å². The van der Waals surface area contributed by atoms with E-state index in [-0.39, 0.29) is 12.3 Å². The van der Waals surface area contributed by atoms with Crippen molar-refractivity contribution in [3.05, 3.63) is 89.1 Å². The molecule has 0 aliphatic rings. The Morgan fingerprint density at radius 3 is 2.42 bits per heavy atom. The molecule has 0 bridgehead atoms. The number of carbonyl (C=O) groups excluding carboxylic acids is 1. The summed E-state index contributed by atoms with van der Waals surface area (Å²) in [7, 11) is 3.28. The molecular formula is C25H23ClN2O3. The molecule has 0 fully saturated rings. The maximum absolute atomic E-state index is 12.7. The zero-order valence-electron chi connectivity index (χ0n) is 17.4.